The second kappa shape index (κ2) is 4.70. The van der Waals surface area contributed by atoms with Crippen molar-refractivity contribution in [1.82, 2.24) is 4.98 Å². The molecule has 0 bridgehead atoms. The smallest absolute Gasteiger partial charge is 0.130 e. The van der Waals surface area contributed by atoms with Gasteiger partial charge in [0.05, 0.1) is 6.10 Å². The fourth-order valence-corrected chi connectivity index (χ4v) is 1.92. The Balaban J connectivity index is 2.02. The van der Waals surface area contributed by atoms with Gasteiger partial charge >= 0.3 is 0 Å². The molecule has 1 atom stereocenters. The van der Waals surface area contributed by atoms with E-state index in [-0.39, 0.29) is 0 Å². The van der Waals surface area contributed by atoms with Gasteiger partial charge < -0.3 is 15.4 Å². The van der Waals surface area contributed by atoms with Crippen LogP contribution in [-0.4, -0.2) is 31.3 Å². The maximum Gasteiger partial charge on any atom is 0.130 e. The van der Waals surface area contributed by atoms with Crippen molar-refractivity contribution in [2.24, 2.45) is 0 Å². The SMILES string of the molecule is Cc1cnc(N(C)CC2CCCO2)cc1N. The summed E-state index contributed by atoms with van der Waals surface area (Å²) in [5.41, 5.74) is 7.69. The van der Waals surface area contributed by atoms with Crippen LogP contribution in [-0.2, 0) is 4.74 Å². The van der Waals surface area contributed by atoms with Crippen molar-refractivity contribution in [3.05, 3.63) is 17.8 Å². The van der Waals surface area contributed by atoms with Crippen molar-refractivity contribution in [2.45, 2.75) is 25.9 Å². The molecule has 1 saturated heterocycles. The molecule has 1 unspecified atom stereocenters. The van der Waals surface area contributed by atoms with E-state index >= 15 is 0 Å². The van der Waals surface area contributed by atoms with E-state index in [9.17, 15) is 0 Å². The van der Waals surface area contributed by atoms with Crippen LogP contribution in [0.1, 0.15) is 18.4 Å². The molecule has 0 aliphatic carbocycles. The van der Waals surface area contributed by atoms with Gasteiger partial charge in [0.1, 0.15) is 5.82 Å². The summed E-state index contributed by atoms with van der Waals surface area (Å²) >= 11 is 0. The lowest BCUT2D eigenvalue weighted by Gasteiger charge is -2.22. The molecule has 0 saturated carbocycles. The molecule has 2 heterocycles. The summed E-state index contributed by atoms with van der Waals surface area (Å²) in [4.78, 5) is 6.47. The number of nitrogens with two attached hydrogens (primary N) is 1. The zero-order valence-corrected chi connectivity index (χ0v) is 9.94. The Kier molecular flexibility index (Phi) is 3.29. The Bertz CT molecular complexity index is 361. The predicted molar refractivity (Wildman–Crippen MR) is 65.6 cm³/mol. The van der Waals surface area contributed by atoms with E-state index in [1.807, 2.05) is 26.2 Å². The third kappa shape index (κ3) is 2.44. The molecule has 0 amide bonds. The van der Waals surface area contributed by atoms with Gasteiger partial charge in [-0.2, -0.15) is 0 Å². The number of anilines is 2. The zero-order valence-electron chi connectivity index (χ0n) is 9.94. The number of likely N-dealkylation sites (N-methyl/N-ethyl adjacent to an activating group) is 1. The molecule has 0 aromatic carbocycles. The van der Waals surface area contributed by atoms with Crippen molar-refractivity contribution < 1.29 is 4.74 Å². The van der Waals surface area contributed by atoms with Crippen molar-refractivity contribution in [1.29, 1.82) is 0 Å². The van der Waals surface area contributed by atoms with Gasteiger partial charge in [0.2, 0.25) is 0 Å². The maximum absolute atomic E-state index is 5.87. The van der Waals surface area contributed by atoms with E-state index in [1.54, 1.807) is 0 Å². The van der Waals surface area contributed by atoms with Crippen molar-refractivity contribution in [3.63, 3.8) is 0 Å². The monoisotopic (exact) mass is 221 g/mol. The number of hydrogen-bond donors (Lipinski definition) is 1. The molecule has 2 N–H and O–H groups in total. The van der Waals surface area contributed by atoms with Crippen LogP contribution in [0.5, 0.6) is 0 Å². The van der Waals surface area contributed by atoms with Crippen LogP contribution in [0.3, 0.4) is 0 Å². The summed E-state index contributed by atoms with van der Waals surface area (Å²) in [6.07, 6.45) is 4.47. The third-order valence-corrected chi connectivity index (χ3v) is 3.02. The van der Waals surface area contributed by atoms with Gasteiger partial charge in [-0.25, -0.2) is 4.98 Å². The molecule has 1 aliphatic heterocycles. The standard InChI is InChI=1S/C12H19N3O/c1-9-7-14-12(6-11(9)13)15(2)8-10-4-3-5-16-10/h6-7,10H,3-5,8H2,1-2H3,(H2,13,14). The quantitative estimate of drug-likeness (QED) is 0.842. The van der Waals surface area contributed by atoms with E-state index in [2.05, 4.69) is 9.88 Å². The summed E-state index contributed by atoms with van der Waals surface area (Å²) in [6, 6.07) is 1.92. The van der Waals surface area contributed by atoms with Gasteiger partial charge in [0.25, 0.3) is 0 Å². The Labute approximate surface area is 96.4 Å². The molecule has 88 valence electrons. The Hall–Kier alpha value is -1.29. The first-order valence-corrected chi connectivity index (χ1v) is 5.71. The number of aromatic nitrogens is 1. The zero-order chi connectivity index (χ0) is 11.5. The fourth-order valence-electron chi connectivity index (χ4n) is 1.92. The van der Waals surface area contributed by atoms with E-state index < -0.39 is 0 Å². The average Bonchev–Trinajstić information content (AvgIpc) is 2.74. The molecule has 0 spiro atoms. The average molecular weight is 221 g/mol. The van der Waals surface area contributed by atoms with Crippen molar-refractivity contribution >= 4 is 11.5 Å². The summed E-state index contributed by atoms with van der Waals surface area (Å²) < 4.78 is 5.60. The van der Waals surface area contributed by atoms with Crippen LogP contribution in [0.4, 0.5) is 11.5 Å². The largest absolute Gasteiger partial charge is 0.398 e. The highest BCUT2D eigenvalue weighted by Gasteiger charge is 2.18. The molecule has 2 rings (SSSR count). The third-order valence-electron chi connectivity index (χ3n) is 3.02. The van der Waals surface area contributed by atoms with Crippen LogP contribution >= 0.6 is 0 Å². The van der Waals surface area contributed by atoms with E-state index in [1.165, 1.54) is 6.42 Å². The maximum atomic E-state index is 5.87. The molecular formula is C12H19N3O. The normalized spacial score (nSPS) is 20.0. The Morgan fingerprint density at radius 1 is 1.62 bits per heavy atom. The lowest BCUT2D eigenvalue weighted by molar-refractivity contribution is 0.116. The van der Waals surface area contributed by atoms with Gasteiger partial charge in [0, 0.05) is 38.1 Å². The highest BCUT2D eigenvalue weighted by atomic mass is 16.5. The van der Waals surface area contributed by atoms with Gasteiger partial charge in [-0.05, 0) is 25.3 Å². The predicted octanol–water partition coefficient (Wildman–Crippen LogP) is 1.59. The molecule has 4 nitrogen and oxygen atoms in total. The minimum atomic E-state index is 0.342. The molecule has 1 aliphatic rings. The first kappa shape index (κ1) is 11.2. The highest BCUT2D eigenvalue weighted by Crippen LogP contribution is 2.19. The number of nitrogen functional groups attached to an aromatic ring is 1. The van der Waals surface area contributed by atoms with Gasteiger partial charge in [-0.15, -0.1) is 0 Å². The molecular weight excluding hydrogens is 202 g/mol. The Morgan fingerprint density at radius 3 is 3.06 bits per heavy atom. The second-order valence-electron chi connectivity index (χ2n) is 4.41. The lowest BCUT2D eigenvalue weighted by atomic mass is 10.2. The molecule has 0 radical (unpaired) electrons. The van der Waals surface area contributed by atoms with Crippen LogP contribution < -0.4 is 10.6 Å². The number of rotatable bonds is 3. The number of ether oxygens (including phenoxy) is 1. The van der Waals surface area contributed by atoms with Crippen LogP contribution in [0.15, 0.2) is 12.3 Å². The molecule has 16 heavy (non-hydrogen) atoms. The van der Waals surface area contributed by atoms with Crippen LogP contribution in [0.25, 0.3) is 0 Å². The van der Waals surface area contributed by atoms with Gasteiger partial charge in [-0.1, -0.05) is 0 Å². The molecule has 1 fully saturated rings. The number of nitrogens with zero attached hydrogens (tertiary/aromatic N) is 2. The summed E-state index contributed by atoms with van der Waals surface area (Å²) in [7, 11) is 2.03. The first-order chi connectivity index (χ1) is 7.66. The van der Waals surface area contributed by atoms with E-state index in [0.29, 0.717) is 6.10 Å². The first-order valence-electron chi connectivity index (χ1n) is 5.71. The number of pyridine rings is 1. The fraction of sp³-hybridized carbons (Fsp3) is 0.583. The van der Waals surface area contributed by atoms with E-state index in [0.717, 1.165) is 36.6 Å². The summed E-state index contributed by atoms with van der Waals surface area (Å²) in [6.45, 7) is 3.74. The second-order valence-corrected chi connectivity index (χ2v) is 4.41. The number of hydrogen-bond acceptors (Lipinski definition) is 4. The Morgan fingerprint density at radius 2 is 2.44 bits per heavy atom. The van der Waals surface area contributed by atoms with Crippen molar-refractivity contribution in [3.8, 4) is 0 Å². The minimum absolute atomic E-state index is 0.342. The van der Waals surface area contributed by atoms with Crippen molar-refractivity contribution in [2.75, 3.05) is 30.8 Å². The number of aryl methyl sites for hydroxylation is 1. The van der Waals surface area contributed by atoms with Gasteiger partial charge in [-0.3, -0.25) is 0 Å². The molecule has 4 heteroatoms. The highest BCUT2D eigenvalue weighted by molar-refractivity contribution is 5.54. The molecule has 1 aromatic heterocycles. The van der Waals surface area contributed by atoms with Crippen LogP contribution in [0, 0.1) is 6.92 Å². The summed E-state index contributed by atoms with van der Waals surface area (Å²) in [5.74, 6) is 0.915. The topological polar surface area (TPSA) is 51.4 Å². The minimum Gasteiger partial charge on any atom is -0.398 e. The lowest BCUT2D eigenvalue weighted by Crippen LogP contribution is -2.29. The summed E-state index contributed by atoms with van der Waals surface area (Å²) in [5, 5.41) is 0. The van der Waals surface area contributed by atoms with Crippen LogP contribution in [0.2, 0.25) is 0 Å². The van der Waals surface area contributed by atoms with E-state index in [4.69, 9.17) is 10.5 Å². The van der Waals surface area contributed by atoms with Gasteiger partial charge in [0.15, 0.2) is 0 Å². The molecule has 1 aromatic rings.